The number of nitrogens with zero attached hydrogens (tertiary/aromatic N) is 2. The van der Waals surface area contributed by atoms with Crippen molar-refractivity contribution < 1.29 is 8.42 Å². The van der Waals surface area contributed by atoms with Gasteiger partial charge in [-0.15, -0.1) is 4.40 Å². The summed E-state index contributed by atoms with van der Waals surface area (Å²) in [5, 5.41) is 0. The van der Waals surface area contributed by atoms with Crippen LogP contribution in [0.5, 0.6) is 0 Å². The Morgan fingerprint density at radius 3 is 2.73 bits per heavy atom. The van der Waals surface area contributed by atoms with Gasteiger partial charge in [0.05, 0.1) is 0 Å². The molecule has 5 nitrogen and oxygen atoms in total. The standard InChI is InChI=1S/C9H17N3O2S/c1-2-3-4-5-7-12-8-6-9(10)11-15(12,13)14/h6,8H,2-5,7H2,1H3,(H2,10,11). The summed E-state index contributed by atoms with van der Waals surface area (Å²) in [6, 6.07) is 0. The second-order valence-corrected chi connectivity index (χ2v) is 5.03. The average Bonchev–Trinajstić information content (AvgIpc) is 2.14. The molecular formula is C9H17N3O2S. The van der Waals surface area contributed by atoms with Crippen molar-refractivity contribution in [3.8, 4) is 0 Å². The fourth-order valence-corrected chi connectivity index (χ4v) is 2.34. The zero-order valence-corrected chi connectivity index (χ0v) is 9.70. The fraction of sp³-hybridized carbons (Fsp3) is 0.667. The Bertz CT molecular complexity index is 360. The maximum Gasteiger partial charge on any atom is 0.346 e. The number of nitrogens with two attached hydrogens (primary N) is 1. The van der Waals surface area contributed by atoms with Crippen molar-refractivity contribution in [3.05, 3.63) is 12.3 Å². The van der Waals surface area contributed by atoms with E-state index in [9.17, 15) is 8.42 Å². The van der Waals surface area contributed by atoms with Crippen molar-refractivity contribution >= 4 is 16.0 Å². The van der Waals surface area contributed by atoms with Crippen molar-refractivity contribution in [2.45, 2.75) is 32.6 Å². The van der Waals surface area contributed by atoms with E-state index < -0.39 is 10.2 Å². The predicted molar refractivity (Wildman–Crippen MR) is 60.5 cm³/mol. The molecule has 0 saturated heterocycles. The highest BCUT2D eigenvalue weighted by Crippen LogP contribution is 2.11. The van der Waals surface area contributed by atoms with Gasteiger partial charge in [-0.2, -0.15) is 8.42 Å². The van der Waals surface area contributed by atoms with Gasteiger partial charge in [0.25, 0.3) is 0 Å². The SMILES string of the molecule is CCCCCCN1C=CC(N)=NS1(=O)=O. The summed E-state index contributed by atoms with van der Waals surface area (Å²) in [7, 11) is -3.55. The molecule has 1 heterocycles. The van der Waals surface area contributed by atoms with Crippen molar-refractivity contribution in [1.82, 2.24) is 4.31 Å². The lowest BCUT2D eigenvalue weighted by molar-refractivity contribution is 0.478. The highest BCUT2D eigenvalue weighted by atomic mass is 32.2. The number of unbranched alkanes of at least 4 members (excludes halogenated alkanes) is 3. The Morgan fingerprint density at radius 2 is 2.13 bits per heavy atom. The van der Waals surface area contributed by atoms with Crippen LogP contribution in [0.4, 0.5) is 0 Å². The normalized spacial score (nSPS) is 19.0. The lowest BCUT2D eigenvalue weighted by Crippen LogP contribution is -2.31. The minimum absolute atomic E-state index is 0.0415. The van der Waals surface area contributed by atoms with E-state index in [-0.39, 0.29) is 5.84 Å². The van der Waals surface area contributed by atoms with E-state index in [0.717, 1.165) is 25.7 Å². The van der Waals surface area contributed by atoms with E-state index in [1.54, 1.807) is 0 Å². The Hall–Kier alpha value is -1.04. The fourth-order valence-electron chi connectivity index (χ4n) is 1.34. The van der Waals surface area contributed by atoms with Crippen molar-refractivity contribution in [2.24, 2.45) is 10.1 Å². The maximum atomic E-state index is 11.5. The van der Waals surface area contributed by atoms with Crippen LogP contribution in [0.2, 0.25) is 0 Å². The van der Waals surface area contributed by atoms with Gasteiger partial charge >= 0.3 is 10.2 Å². The summed E-state index contributed by atoms with van der Waals surface area (Å²) >= 11 is 0. The lowest BCUT2D eigenvalue weighted by Gasteiger charge is -2.19. The third-order valence-electron chi connectivity index (χ3n) is 2.16. The van der Waals surface area contributed by atoms with Crippen LogP contribution >= 0.6 is 0 Å². The molecule has 0 spiro atoms. The van der Waals surface area contributed by atoms with Crippen LogP contribution in [0.3, 0.4) is 0 Å². The van der Waals surface area contributed by atoms with Crippen LogP contribution in [0.25, 0.3) is 0 Å². The monoisotopic (exact) mass is 231 g/mol. The van der Waals surface area contributed by atoms with Gasteiger partial charge in [-0.1, -0.05) is 26.2 Å². The van der Waals surface area contributed by atoms with E-state index in [1.165, 1.54) is 16.6 Å². The third kappa shape index (κ3) is 3.54. The summed E-state index contributed by atoms with van der Waals surface area (Å²) in [5.41, 5.74) is 5.31. The smallest absolute Gasteiger partial charge is 0.346 e. The van der Waals surface area contributed by atoms with E-state index in [2.05, 4.69) is 11.3 Å². The Labute approximate surface area is 90.9 Å². The second kappa shape index (κ2) is 5.16. The molecule has 0 unspecified atom stereocenters. The van der Waals surface area contributed by atoms with Crippen LogP contribution < -0.4 is 5.73 Å². The quantitative estimate of drug-likeness (QED) is 0.717. The molecule has 1 aliphatic heterocycles. The molecule has 0 aromatic carbocycles. The van der Waals surface area contributed by atoms with Gasteiger partial charge in [-0.3, -0.25) is 4.31 Å². The van der Waals surface area contributed by atoms with Gasteiger partial charge in [0, 0.05) is 12.7 Å². The van der Waals surface area contributed by atoms with Crippen LogP contribution in [-0.2, 0) is 10.2 Å². The first-order chi connectivity index (χ1) is 7.06. The molecule has 1 rings (SSSR count). The molecule has 15 heavy (non-hydrogen) atoms. The Balaban J connectivity index is 2.47. The maximum absolute atomic E-state index is 11.5. The molecule has 0 radical (unpaired) electrons. The van der Waals surface area contributed by atoms with Gasteiger partial charge in [0.1, 0.15) is 5.84 Å². The van der Waals surface area contributed by atoms with E-state index in [0.29, 0.717) is 6.54 Å². The zero-order valence-electron chi connectivity index (χ0n) is 8.89. The molecule has 6 heteroatoms. The minimum atomic E-state index is -3.55. The average molecular weight is 231 g/mol. The second-order valence-electron chi connectivity index (χ2n) is 3.48. The van der Waals surface area contributed by atoms with Gasteiger partial charge in [-0.25, -0.2) is 0 Å². The zero-order chi connectivity index (χ0) is 11.3. The van der Waals surface area contributed by atoms with Crippen LogP contribution in [0, 0.1) is 0 Å². The van der Waals surface area contributed by atoms with Gasteiger partial charge < -0.3 is 5.73 Å². The molecule has 0 saturated carbocycles. The van der Waals surface area contributed by atoms with Crippen LogP contribution in [-0.4, -0.2) is 25.1 Å². The summed E-state index contributed by atoms with van der Waals surface area (Å²) < 4.78 is 27.6. The molecule has 0 amide bonds. The molecule has 0 fully saturated rings. The number of hydrogen-bond donors (Lipinski definition) is 1. The van der Waals surface area contributed by atoms with Crippen molar-refractivity contribution in [3.63, 3.8) is 0 Å². The molecule has 0 aromatic rings. The van der Waals surface area contributed by atoms with Crippen molar-refractivity contribution in [2.75, 3.05) is 6.54 Å². The molecule has 86 valence electrons. The summed E-state index contributed by atoms with van der Waals surface area (Å²) in [6.07, 6.45) is 7.13. The summed E-state index contributed by atoms with van der Waals surface area (Å²) in [6.45, 7) is 2.60. The first-order valence-corrected chi connectivity index (χ1v) is 6.51. The van der Waals surface area contributed by atoms with Gasteiger partial charge in [-0.05, 0) is 12.5 Å². The van der Waals surface area contributed by atoms with E-state index >= 15 is 0 Å². The predicted octanol–water partition coefficient (Wildman–Crippen LogP) is 0.998. The van der Waals surface area contributed by atoms with Gasteiger partial charge in [0.2, 0.25) is 0 Å². The topological polar surface area (TPSA) is 75.8 Å². The van der Waals surface area contributed by atoms with Crippen LogP contribution in [0.1, 0.15) is 32.6 Å². The van der Waals surface area contributed by atoms with Gasteiger partial charge in [0.15, 0.2) is 0 Å². The highest BCUT2D eigenvalue weighted by molar-refractivity contribution is 7.88. The summed E-state index contributed by atoms with van der Waals surface area (Å²) in [5.74, 6) is 0.0415. The minimum Gasteiger partial charge on any atom is -0.383 e. The van der Waals surface area contributed by atoms with E-state index in [4.69, 9.17) is 5.73 Å². The molecule has 0 atom stereocenters. The lowest BCUT2D eigenvalue weighted by atomic mass is 10.2. The summed E-state index contributed by atoms with van der Waals surface area (Å²) in [4.78, 5) is 0. The van der Waals surface area contributed by atoms with Crippen molar-refractivity contribution in [1.29, 1.82) is 0 Å². The van der Waals surface area contributed by atoms with Crippen LogP contribution in [0.15, 0.2) is 16.7 Å². The molecular weight excluding hydrogens is 214 g/mol. The first kappa shape index (κ1) is 12.0. The number of hydrogen-bond acceptors (Lipinski definition) is 3. The Morgan fingerprint density at radius 1 is 1.40 bits per heavy atom. The largest absolute Gasteiger partial charge is 0.383 e. The van der Waals surface area contributed by atoms with E-state index in [1.807, 2.05) is 0 Å². The molecule has 0 aliphatic carbocycles. The molecule has 2 N–H and O–H groups in total. The Kier molecular flexibility index (Phi) is 4.14. The highest BCUT2D eigenvalue weighted by Gasteiger charge is 2.20. The number of rotatable bonds is 5. The first-order valence-electron chi connectivity index (χ1n) is 5.11. The molecule has 0 aromatic heterocycles. The number of amidine groups is 1. The molecule has 0 bridgehead atoms. The molecule has 1 aliphatic rings. The third-order valence-corrected chi connectivity index (χ3v) is 3.50.